The van der Waals surface area contributed by atoms with Crippen molar-refractivity contribution in [2.45, 2.75) is 25.9 Å². The highest BCUT2D eigenvalue weighted by Gasteiger charge is 2.29. The molecule has 1 aliphatic heterocycles. The second-order valence-electron chi connectivity index (χ2n) is 8.47. The number of methoxy groups -OCH3 is 2. The molecule has 178 valence electrons. The van der Waals surface area contributed by atoms with E-state index in [1.165, 1.54) is 6.07 Å². The summed E-state index contributed by atoms with van der Waals surface area (Å²) in [4.78, 5) is 14.9. The van der Waals surface area contributed by atoms with Gasteiger partial charge in [0.2, 0.25) is 0 Å². The molecule has 2 amide bonds. The molecule has 3 aromatic rings. The lowest BCUT2D eigenvalue weighted by Crippen LogP contribution is -2.42. The predicted octanol–water partition coefficient (Wildman–Crippen LogP) is 5.07. The maximum atomic E-state index is 13.8. The van der Waals surface area contributed by atoms with Crippen LogP contribution in [0.15, 0.2) is 60.7 Å². The van der Waals surface area contributed by atoms with Crippen LogP contribution < -0.4 is 20.1 Å². The topological polar surface area (TPSA) is 62.8 Å². The van der Waals surface area contributed by atoms with E-state index in [9.17, 15) is 9.18 Å². The number of carbonyl (C=O) groups is 1. The van der Waals surface area contributed by atoms with Crippen LogP contribution >= 0.6 is 0 Å². The summed E-state index contributed by atoms with van der Waals surface area (Å²) in [6.07, 6.45) is 0.817. The van der Waals surface area contributed by atoms with Gasteiger partial charge < -0.3 is 20.1 Å². The van der Waals surface area contributed by atoms with Crippen LogP contribution in [0.1, 0.15) is 28.3 Å². The van der Waals surface area contributed by atoms with Crippen molar-refractivity contribution in [2.24, 2.45) is 0 Å². The van der Waals surface area contributed by atoms with Gasteiger partial charge in [0, 0.05) is 25.3 Å². The van der Waals surface area contributed by atoms with E-state index in [-0.39, 0.29) is 17.9 Å². The van der Waals surface area contributed by atoms with Gasteiger partial charge in [0.15, 0.2) is 11.5 Å². The molecule has 6 nitrogen and oxygen atoms in total. The van der Waals surface area contributed by atoms with E-state index in [0.717, 1.165) is 40.9 Å². The molecule has 34 heavy (non-hydrogen) atoms. The Kier molecular flexibility index (Phi) is 7.33. The summed E-state index contributed by atoms with van der Waals surface area (Å²) in [5.74, 6) is 1.07. The molecule has 4 rings (SSSR count). The van der Waals surface area contributed by atoms with Crippen LogP contribution in [-0.2, 0) is 13.0 Å². The van der Waals surface area contributed by atoms with Crippen molar-refractivity contribution in [2.75, 3.05) is 32.6 Å². The third kappa shape index (κ3) is 5.48. The lowest BCUT2D eigenvalue weighted by atomic mass is 9.91. The summed E-state index contributed by atoms with van der Waals surface area (Å²) in [6.45, 7) is 3.72. The number of halogens is 1. The monoisotopic (exact) mass is 463 g/mol. The lowest BCUT2D eigenvalue weighted by Gasteiger charge is -2.38. The molecule has 0 saturated heterocycles. The van der Waals surface area contributed by atoms with Crippen molar-refractivity contribution in [1.29, 1.82) is 0 Å². The Balaban J connectivity index is 1.57. The number of benzene rings is 3. The SMILES string of the molecule is COc1cc2c(cc1OC)[C@@H](CNC(=O)Nc1ccc(C)cc1)N(Cc1cccc(F)c1)CC2. The molecule has 1 atom stereocenters. The zero-order valence-corrected chi connectivity index (χ0v) is 19.7. The fraction of sp³-hybridized carbons (Fsp3) is 0.296. The van der Waals surface area contributed by atoms with Crippen LogP contribution in [0.4, 0.5) is 14.9 Å². The minimum Gasteiger partial charge on any atom is -0.493 e. The third-order valence-electron chi connectivity index (χ3n) is 6.15. The Bertz CT molecular complexity index is 1150. The molecule has 7 heteroatoms. The van der Waals surface area contributed by atoms with E-state index >= 15 is 0 Å². The second kappa shape index (κ2) is 10.6. The number of urea groups is 1. The molecule has 0 saturated carbocycles. The number of ether oxygens (including phenoxy) is 2. The second-order valence-corrected chi connectivity index (χ2v) is 8.47. The summed E-state index contributed by atoms with van der Waals surface area (Å²) in [7, 11) is 3.23. The van der Waals surface area contributed by atoms with Gasteiger partial charge >= 0.3 is 6.03 Å². The molecule has 2 N–H and O–H groups in total. The van der Waals surface area contributed by atoms with Gasteiger partial charge in [-0.25, -0.2) is 9.18 Å². The van der Waals surface area contributed by atoms with Crippen LogP contribution in [0.2, 0.25) is 0 Å². The largest absolute Gasteiger partial charge is 0.493 e. The average molecular weight is 464 g/mol. The first-order valence-corrected chi connectivity index (χ1v) is 11.3. The van der Waals surface area contributed by atoms with E-state index in [0.29, 0.717) is 24.6 Å². The first-order valence-electron chi connectivity index (χ1n) is 11.3. The molecule has 0 aromatic heterocycles. The van der Waals surface area contributed by atoms with Gasteiger partial charge in [0.05, 0.1) is 20.3 Å². The molecule has 0 spiro atoms. The molecular formula is C27H30FN3O3. The van der Waals surface area contributed by atoms with Gasteiger partial charge in [-0.3, -0.25) is 4.90 Å². The zero-order valence-electron chi connectivity index (χ0n) is 19.7. The lowest BCUT2D eigenvalue weighted by molar-refractivity contribution is 0.172. The molecule has 0 bridgehead atoms. The first-order chi connectivity index (χ1) is 16.5. The van der Waals surface area contributed by atoms with E-state index in [1.807, 2.05) is 49.4 Å². The highest BCUT2D eigenvalue weighted by Crippen LogP contribution is 2.38. The standard InChI is InChI=1S/C27H30FN3O3/c1-18-7-9-22(10-8-18)30-27(32)29-16-24-23-15-26(34-3)25(33-2)14-20(23)11-12-31(24)17-19-5-4-6-21(28)13-19/h4-10,13-15,24H,11-12,16-17H2,1-3H3,(H2,29,30,32)/t24-/m1/s1. The number of amides is 2. The van der Waals surface area contributed by atoms with Crippen molar-refractivity contribution >= 4 is 11.7 Å². The molecule has 3 aromatic carbocycles. The fourth-order valence-electron chi connectivity index (χ4n) is 4.38. The van der Waals surface area contributed by atoms with Crippen LogP contribution in [0.25, 0.3) is 0 Å². The first kappa shape index (κ1) is 23.6. The molecule has 1 aliphatic rings. The third-order valence-corrected chi connectivity index (χ3v) is 6.15. The van der Waals surface area contributed by atoms with Crippen LogP contribution in [0, 0.1) is 12.7 Å². The number of fused-ring (bicyclic) bond motifs is 1. The number of anilines is 1. The van der Waals surface area contributed by atoms with Gasteiger partial charge in [-0.2, -0.15) is 0 Å². The van der Waals surface area contributed by atoms with Gasteiger partial charge in [0.25, 0.3) is 0 Å². The summed E-state index contributed by atoms with van der Waals surface area (Å²) >= 11 is 0. The minimum atomic E-state index is -0.276. The Hall–Kier alpha value is -3.58. The Morgan fingerprint density at radius 2 is 1.79 bits per heavy atom. The minimum absolute atomic E-state index is 0.115. The number of rotatable bonds is 7. The Morgan fingerprint density at radius 1 is 1.06 bits per heavy atom. The number of carbonyl (C=O) groups excluding carboxylic acids is 1. The summed E-state index contributed by atoms with van der Waals surface area (Å²) in [5, 5.41) is 5.89. The number of hydrogen-bond acceptors (Lipinski definition) is 4. The van der Waals surface area contributed by atoms with Crippen LogP contribution in [0.5, 0.6) is 11.5 Å². The van der Waals surface area contributed by atoms with Crippen molar-refractivity contribution in [3.8, 4) is 11.5 Å². The van der Waals surface area contributed by atoms with Gasteiger partial charge in [-0.15, -0.1) is 0 Å². The highest BCUT2D eigenvalue weighted by atomic mass is 19.1. The smallest absolute Gasteiger partial charge is 0.319 e. The normalized spacial score (nSPS) is 15.4. The average Bonchev–Trinajstić information content (AvgIpc) is 2.84. The van der Waals surface area contributed by atoms with Crippen molar-refractivity contribution in [3.05, 3.63) is 88.7 Å². The summed E-state index contributed by atoms with van der Waals surface area (Å²) < 4.78 is 24.8. The van der Waals surface area contributed by atoms with Crippen molar-refractivity contribution in [1.82, 2.24) is 10.2 Å². The Morgan fingerprint density at radius 3 is 2.50 bits per heavy atom. The fourth-order valence-corrected chi connectivity index (χ4v) is 4.38. The number of aryl methyl sites for hydroxylation is 1. The highest BCUT2D eigenvalue weighted by molar-refractivity contribution is 5.89. The van der Waals surface area contributed by atoms with E-state index in [4.69, 9.17) is 9.47 Å². The summed E-state index contributed by atoms with van der Waals surface area (Å²) in [5.41, 5.74) is 4.96. The van der Waals surface area contributed by atoms with Crippen molar-refractivity contribution in [3.63, 3.8) is 0 Å². The number of nitrogens with zero attached hydrogens (tertiary/aromatic N) is 1. The van der Waals surface area contributed by atoms with Gasteiger partial charge in [-0.05, 0) is 66.4 Å². The van der Waals surface area contributed by atoms with Crippen LogP contribution in [-0.4, -0.2) is 38.2 Å². The van der Waals surface area contributed by atoms with E-state index in [1.54, 1.807) is 26.4 Å². The van der Waals surface area contributed by atoms with Gasteiger partial charge in [-0.1, -0.05) is 29.8 Å². The molecule has 1 heterocycles. The predicted molar refractivity (Wildman–Crippen MR) is 131 cm³/mol. The number of hydrogen-bond donors (Lipinski definition) is 2. The quantitative estimate of drug-likeness (QED) is 0.513. The molecule has 0 radical (unpaired) electrons. The molecule has 0 aliphatic carbocycles. The number of nitrogens with one attached hydrogen (secondary N) is 2. The molecular weight excluding hydrogens is 433 g/mol. The maximum Gasteiger partial charge on any atom is 0.319 e. The van der Waals surface area contributed by atoms with Crippen LogP contribution in [0.3, 0.4) is 0 Å². The van der Waals surface area contributed by atoms with E-state index in [2.05, 4.69) is 15.5 Å². The summed E-state index contributed by atoms with van der Waals surface area (Å²) in [6, 6.07) is 17.9. The Labute approximate surface area is 199 Å². The maximum absolute atomic E-state index is 13.8. The zero-order chi connectivity index (χ0) is 24.1. The molecule has 0 unspecified atom stereocenters. The van der Waals surface area contributed by atoms with E-state index < -0.39 is 0 Å². The molecule has 0 fully saturated rings. The van der Waals surface area contributed by atoms with Crippen molar-refractivity contribution < 1.29 is 18.7 Å². The van der Waals surface area contributed by atoms with Gasteiger partial charge in [0.1, 0.15) is 5.82 Å².